The maximum Gasteiger partial charge on any atom is 0.230 e. The Bertz CT molecular complexity index is 1330. The smallest absolute Gasteiger partial charge is 0.230 e. The highest BCUT2D eigenvalue weighted by Crippen LogP contribution is 2.29. The number of furan rings is 1. The number of hydrogen-bond donors (Lipinski definition) is 1. The van der Waals surface area contributed by atoms with E-state index in [2.05, 4.69) is 27.6 Å². The van der Waals surface area contributed by atoms with Gasteiger partial charge in [0.05, 0.1) is 17.5 Å². The largest absolute Gasteiger partial charge is 0.461 e. The molecule has 3 heterocycles. The Hall–Kier alpha value is -3.65. The molecule has 0 bridgehead atoms. The average Bonchev–Trinajstić information content (AvgIpc) is 3.49. The molecule has 0 aliphatic carbocycles. The van der Waals surface area contributed by atoms with E-state index in [9.17, 15) is 4.79 Å². The van der Waals surface area contributed by atoms with Crippen LogP contribution in [-0.4, -0.2) is 37.8 Å². The monoisotopic (exact) mass is 429 g/mol. The molecule has 7 nitrogen and oxygen atoms in total. The molecular formula is C23H19N5O2S. The highest BCUT2D eigenvalue weighted by Gasteiger charge is 2.18. The van der Waals surface area contributed by atoms with Gasteiger partial charge in [-0.3, -0.25) is 9.20 Å². The first-order valence-corrected chi connectivity index (χ1v) is 10.9. The summed E-state index contributed by atoms with van der Waals surface area (Å²) in [6.07, 6.45) is 2.40. The van der Waals surface area contributed by atoms with Crippen LogP contribution in [0.4, 0.5) is 0 Å². The van der Waals surface area contributed by atoms with Gasteiger partial charge >= 0.3 is 0 Å². The van der Waals surface area contributed by atoms with Gasteiger partial charge in [0.15, 0.2) is 22.4 Å². The van der Waals surface area contributed by atoms with E-state index in [0.29, 0.717) is 28.9 Å². The number of thioether (sulfide) groups is 1. The molecule has 0 aliphatic rings. The third kappa shape index (κ3) is 4.02. The fraction of sp³-hybridized carbons (Fsp3) is 0.130. The molecule has 1 N–H and O–H groups in total. The van der Waals surface area contributed by atoms with E-state index in [1.54, 1.807) is 6.26 Å². The van der Waals surface area contributed by atoms with Crippen LogP contribution >= 0.6 is 11.8 Å². The number of benzene rings is 2. The fourth-order valence-electron chi connectivity index (χ4n) is 3.40. The number of fused-ring (bicyclic) bond motifs is 3. The Labute approximate surface area is 182 Å². The molecule has 0 saturated heterocycles. The van der Waals surface area contributed by atoms with Crippen LogP contribution < -0.4 is 5.32 Å². The zero-order chi connectivity index (χ0) is 21.0. The molecule has 0 unspecified atom stereocenters. The Morgan fingerprint density at radius 2 is 1.84 bits per heavy atom. The van der Waals surface area contributed by atoms with Gasteiger partial charge in [-0.05, 0) is 36.2 Å². The minimum Gasteiger partial charge on any atom is -0.461 e. The first-order chi connectivity index (χ1) is 15.3. The predicted molar refractivity (Wildman–Crippen MR) is 120 cm³/mol. The number of nitrogens with zero attached hydrogens (tertiary/aromatic N) is 4. The van der Waals surface area contributed by atoms with Crippen molar-refractivity contribution in [1.82, 2.24) is 24.9 Å². The van der Waals surface area contributed by atoms with Crippen molar-refractivity contribution in [2.75, 3.05) is 12.3 Å². The lowest BCUT2D eigenvalue weighted by molar-refractivity contribution is -0.118. The maximum atomic E-state index is 12.4. The molecule has 5 aromatic rings. The van der Waals surface area contributed by atoms with Crippen LogP contribution in [0.5, 0.6) is 0 Å². The third-order valence-corrected chi connectivity index (χ3v) is 5.80. The Kier molecular flexibility index (Phi) is 5.37. The fourth-order valence-corrected chi connectivity index (χ4v) is 4.16. The van der Waals surface area contributed by atoms with Gasteiger partial charge in [0.25, 0.3) is 0 Å². The van der Waals surface area contributed by atoms with Crippen LogP contribution in [-0.2, 0) is 11.2 Å². The minimum absolute atomic E-state index is 0.0500. The second-order valence-corrected chi connectivity index (χ2v) is 7.89. The molecule has 8 heteroatoms. The lowest BCUT2D eigenvalue weighted by Gasteiger charge is -2.08. The molecule has 0 radical (unpaired) electrons. The van der Waals surface area contributed by atoms with Crippen molar-refractivity contribution in [2.24, 2.45) is 0 Å². The SMILES string of the molecule is O=C(CSc1nnc2c3ccccc3nc(-c3ccco3)n12)NCCc1ccccc1. The molecule has 0 atom stereocenters. The summed E-state index contributed by atoms with van der Waals surface area (Å²) >= 11 is 1.33. The van der Waals surface area contributed by atoms with Gasteiger partial charge in [-0.2, -0.15) is 0 Å². The molecule has 31 heavy (non-hydrogen) atoms. The molecular weight excluding hydrogens is 410 g/mol. The summed E-state index contributed by atoms with van der Waals surface area (Å²) in [4.78, 5) is 17.1. The van der Waals surface area contributed by atoms with Crippen molar-refractivity contribution in [3.05, 3.63) is 78.6 Å². The summed E-state index contributed by atoms with van der Waals surface area (Å²) < 4.78 is 7.44. The second-order valence-electron chi connectivity index (χ2n) is 6.95. The van der Waals surface area contributed by atoms with E-state index in [1.165, 1.54) is 17.3 Å². The Morgan fingerprint density at radius 3 is 2.68 bits per heavy atom. The van der Waals surface area contributed by atoms with Crippen molar-refractivity contribution >= 4 is 34.2 Å². The second kappa shape index (κ2) is 8.61. The number of carbonyl (C=O) groups excluding carboxylic acids is 1. The Morgan fingerprint density at radius 1 is 1.00 bits per heavy atom. The van der Waals surface area contributed by atoms with Crippen molar-refractivity contribution in [3.8, 4) is 11.6 Å². The topological polar surface area (TPSA) is 85.3 Å². The van der Waals surface area contributed by atoms with Crippen molar-refractivity contribution in [3.63, 3.8) is 0 Å². The van der Waals surface area contributed by atoms with E-state index >= 15 is 0 Å². The van der Waals surface area contributed by atoms with Crippen LogP contribution in [0, 0.1) is 0 Å². The molecule has 5 rings (SSSR count). The number of para-hydroxylation sites is 1. The van der Waals surface area contributed by atoms with Gasteiger partial charge in [0.2, 0.25) is 5.91 Å². The third-order valence-electron chi connectivity index (χ3n) is 4.87. The van der Waals surface area contributed by atoms with Gasteiger partial charge in [-0.15, -0.1) is 10.2 Å². The van der Waals surface area contributed by atoms with E-state index < -0.39 is 0 Å². The van der Waals surface area contributed by atoms with Gasteiger partial charge in [-0.1, -0.05) is 54.2 Å². The quantitative estimate of drug-likeness (QED) is 0.394. The number of nitrogens with one attached hydrogen (secondary N) is 1. The van der Waals surface area contributed by atoms with Gasteiger partial charge in [0, 0.05) is 11.9 Å². The summed E-state index contributed by atoms with van der Waals surface area (Å²) in [7, 11) is 0. The number of hydrogen-bond acceptors (Lipinski definition) is 6. The first kappa shape index (κ1) is 19.3. The zero-order valence-electron chi connectivity index (χ0n) is 16.6. The summed E-state index contributed by atoms with van der Waals surface area (Å²) in [6.45, 7) is 0.591. The predicted octanol–water partition coefficient (Wildman–Crippen LogP) is 3.99. The number of aromatic nitrogens is 4. The number of carbonyl (C=O) groups is 1. The summed E-state index contributed by atoms with van der Waals surface area (Å²) in [5.74, 6) is 1.41. The molecule has 0 spiro atoms. The van der Waals surface area contributed by atoms with E-state index in [0.717, 1.165) is 17.3 Å². The van der Waals surface area contributed by atoms with E-state index in [1.807, 2.05) is 59.0 Å². The average molecular weight is 430 g/mol. The van der Waals surface area contributed by atoms with E-state index in [4.69, 9.17) is 9.40 Å². The van der Waals surface area contributed by atoms with Crippen molar-refractivity contribution < 1.29 is 9.21 Å². The number of amides is 1. The van der Waals surface area contributed by atoms with Crippen LogP contribution in [0.1, 0.15) is 5.56 Å². The molecule has 2 aromatic carbocycles. The molecule has 154 valence electrons. The van der Waals surface area contributed by atoms with Gasteiger partial charge in [0.1, 0.15) is 0 Å². The molecule has 0 aliphatic heterocycles. The maximum absolute atomic E-state index is 12.4. The van der Waals surface area contributed by atoms with Crippen LogP contribution in [0.15, 0.2) is 82.6 Å². The van der Waals surface area contributed by atoms with Crippen LogP contribution in [0.25, 0.3) is 28.1 Å². The summed E-state index contributed by atoms with van der Waals surface area (Å²) in [5, 5.41) is 13.2. The highest BCUT2D eigenvalue weighted by atomic mass is 32.2. The molecule has 0 fully saturated rings. The lowest BCUT2D eigenvalue weighted by atomic mass is 10.1. The standard InChI is InChI=1S/C23H19N5O2S/c29-20(24-13-12-16-7-2-1-3-8-16)15-31-23-27-26-21-17-9-4-5-10-18(17)25-22(28(21)23)19-11-6-14-30-19/h1-11,14H,12-13,15H2,(H,24,29). The highest BCUT2D eigenvalue weighted by molar-refractivity contribution is 7.99. The number of rotatable bonds is 7. The van der Waals surface area contributed by atoms with Crippen LogP contribution in [0.2, 0.25) is 0 Å². The zero-order valence-corrected chi connectivity index (χ0v) is 17.4. The van der Waals surface area contributed by atoms with Crippen LogP contribution in [0.3, 0.4) is 0 Å². The molecule has 1 amide bonds. The van der Waals surface area contributed by atoms with Gasteiger partial charge < -0.3 is 9.73 Å². The minimum atomic E-state index is -0.0500. The normalized spacial score (nSPS) is 11.2. The van der Waals surface area contributed by atoms with E-state index in [-0.39, 0.29) is 11.7 Å². The summed E-state index contributed by atoms with van der Waals surface area (Å²) in [6, 6.07) is 21.5. The first-order valence-electron chi connectivity index (χ1n) is 9.91. The summed E-state index contributed by atoms with van der Waals surface area (Å²) in [5.41, 5.74) is 2.69. The lowest BCUT2D eigenvalue weighted by Crippen LogP contribution is -2.27. The van der Waals surface area contributed by atoms with Gasteiger partial charge in [-0.25, -0.2) is 4.98 Å². The van der Waals surface area contributed by atoms with Crippen molar-refractivity contribution in [2.45, 2.75) is 11.6 Å². The Balaban J connectivity index is 1.36. The molecule has 0 saturated carbocycles. The molecule has 3 aromatic heterocycles. The van der Waals surface area contributed by atoms with Crippen molar-refractivity contribution in [1.29, 1.82) is 0 Å².